The predicted molar refractivity (Wildman–Crippen MR) is 144 cm³/mol. The number of aromatic hydroxyl groups is 1. The van der Waals surface area contributed by atoms with Crippen LogP contribution in [0.5, 0.6) is 17.2 Å². The summed E-state index contributed by atoms with van der Waals surface area (Å²) in [6.07, 6.45) is 3.19. The Hall–Kier alpha value is -4.08. The molecule has 0 spiro atoms. The maximum Gasteiger partial charge on any atom is 0.255 e. The smallest absolute Gasteiger partial charge is 0.255 e. The molecule has 3 aliphatic rings. The zero-order chi connectivity index (χ0) is 28.1. The maximum atomic E-state index is 13.4. The van der Waals surface area contributed by atoms with Crippen LogP contribution in [0.4, 0.5) is 0 Å². The molecule has 0 unspecified atom stereocenters. The molecule has 0 aliphatic carbocycles. The van der Waals surface area contributed by atoms with Crippen LogP contribution in [-0.4, -0.2) is 64.9 Å². The van der Waals surface area contributed by atoms with Gasteiger partial charge in [-0.2, -0.15) is 0 Å². The summed E-state index contributed by atoms with van der Waals surface area (Å²) < 4.78 is 5.90. The highest BCUT2D eigenvalue weighted by Crippen LogP contribution is 2.28. The summed E-state index contributed by atoms with van der Waals surface area (Å²) in [4.78, 5) is 54.6. The van der Waals surface area contributed by atoms with Crippen molar-refractivity contribution in [2.45, 2.75) is 64.6 Å². The Kier molecular flexibility index (Phi) is 8.73. The van der Waals surface area contributed by atoms with E-state index in [9.17, 15) is 24.3 Å². The highest BCUT2D eigenvalue weighted by atomic mass is 16.5. The second-order valence-corrected chi connectivity index (χ2v) is 10.5. The lowest BCUT2D eigenvalue weighted by atomic mass is 10.0. The van der Waals surface area contributed by atoms with Crippen LogP contribution in [0.2, 0.25) is 0 Å². The third-order valence-electron chi connectivity index (χ3n) is 7.08. The molecule has 10 heteroatoms. The first kappa shape index (κ1) is 27.9. The Morgan fingerprint density at radius 2 is 1.59 bits per heavy atom. The molecular weight excluding hydrogens is 500 g/mol. The fraction of sp³-hybridized carbons (Fsp3) is 0.448. The summed E-state index contributed by atoms with van der Waals surface area (Å²) in [6.45, 7) is 6.35. The SMILES string of the molecule is CC(C)[C@@H]1NC(=O)c2cc(ccc2O)Oc2ccc(cc2)C[C@H](C(=O)N2CCCCC2)NC(=O)[C@H](C)NC1=O. The van der Waals surface area contributed by atoms with Gasteiger partial charge in [0.2, 0.25) is 17.7 Å². The molecule has 1 saturated heterocycles. The third kappa shape index (κ3) is 6.87. The Morgan fingerprint density at radius 3 is 2.26 bits per heavy atom. The van der Waals surface area contributed by atoms with E-state index in [4.69, 9.17) is 4.74 Å². The van der Waals surface area contributed by atoms with Crippen LogP contribution in [0.25, 0.3) is 0 Å². The number of ether oxygens (including phenoxy) is 1. The Balaban J connectivity index is 1.68. The predicted octanol–water partition coefficient (Wildman–Crippen LogP) is 2.50. The normalized spacial score (nSPS) is 22.7. The molecule has 0 saturated carbocycles. The van der Waals surface area contributed by atoms with E-state index in [1.807, 2.05) is 12.1 Å². The monoisotopic (exact) mass is 536 g/mol. The molecule has 39 heavy (non-hydrogen) atoms. The molecule has 2 aromatic carbocycles. The number of phenolic OH excluding ortho intramolecular Hbond substituents is 1. The van der Waals surface area contributed by atoms with Crippen LogP contribution in [0, 0.1) is 5.92 Å². The van der Waals surface area contributed by atoms with E-state index >= 15 is 0 Å². The van der Waals surface area contributed by atoms with Crippen LogP contribution in [0.1, 0.15) is 56.0 Å². The number of nitrogens with one attached hydrogen (secondary N) is 3. The summed E-state index contributed by atoms with van der Waals surface area (Å²) in [7, 11) is 0. The van der Waals surface area contributed by atoms with Crippen molar-refractivity contribution in [2.24, 2.45) is 5.92 Å². The van der Waals surface area contributed by atoms with Gasteiger partial charge in [-0.1, -0.05) is 26.0 Å². The van der Waals surface area contributed by atoms with Crippen molar-refractivity contribution in [3.05, 3.63) is 53.6 Å². The summed E-state index contributed by atoms with van der Waals surface area (Å²) in [5, 5.41) is 18.5. The van der Waals surface area contributed by atoms with Gasteiger partial charge in [0.25, 0.3) is 5.91 Å². The largest absolute Gasteiger partial charge is 0.507 e. The average molecular weight is 537 g/mol. The maximum absolute atomic E-state index is 13.4. The minimum atomic E-state index is -0.979. The number of nitrogens with zero attached hydrogens (tertiary/aromatic N) is 1. The molecular formula is C29H36N4O6. The molecule has 1 fully saturated rings. The lowest BCUT2D eigenvalue weighted by Gasteiger charge is -2.31. The van der Waals surface area contributed by atoms with Gasteiger partial charge < -0.3 is 30.7 Å². The number of hydrogen-bond acceptors (Lipinski definition) is 6. The Labute approximate surface area is 228 Å². The quantitative estimate of drug-likeness (QED) is 0.436. The Morgan fingerprint density at radius 1 is 0.923 bits per heavy atom. The van der Waals surface area contributed by atoms with Gasteiger partial charge in [0.15, 0.2) is 0 Å². The molecule has 5 rings (SSSR count). The lowest BCUT2D eigenvalue weighted by molar-refractivity contribution is -0.138. The molecule has 2 aromatic rings. The first-order valence-corrected chi connectivity index (χ1v) is 13.4. The number of carbonyl (C=O) groups is 4. The van der Waals surface area contributed by atoms with Crippen LogP contribution in [-0.2, 0) is 20.8 Å². The standard InChI is InChI=1S/C29H36N4O6/c1-17(2)25-28(37)30-18(3)26(35)31-23(29(38)33-13-5-4-6-14-33)15-19-7-9-20(10-8-19)39-21-11-12-24(34)22(16-21)27(36)32-25/h7-12,16-18,23,25,34H,4-6,13-15H2,1-3H3,(H,30,37)(H,31,35)(H,32,36)/t18-,23+,25-/m0/s1. The number of carbonyl (C=O) groups excluding carboxylic acids is 4. The number of fused-ring (bicyclic) bond motifs is 11. The fourth-order valence-corrected chi connectivity index (χ4v) is 4.78. The number of phenols is 1. The number of rotatable bonds is 2. The van der Waals surface area contributed by atoms with Crippen molar-refractivity contribution >= 4 is 23.6 Å². The van der Waals surface area contributed by atoms with Crippen molar-refractivity contribution in [2.75, 3.05) is 13.1 Å². The van der Waals surface area contributed by atoms with E-state index in [1.54, 1.807) is 30.9 Å². The van der Waals surface area contributed by atoms with Crippen LogP contribution < -0.4 is 20.7 Å². The van der Waals surface area contributed by atoms with Gasteiger partial charge in [0.05, 0.1) is 5.56 Å². The second-order valence-electron chi connectivity index (χ2n) is 10.5. The van der Waals surface area contributed by atoms with Gasteiger partial charge in [-0.15, -0.1) is 0 Å². The first-order valence-electron chi connectivity index (χ1n) is 13.4. The summed E-state index contributed by atoms with van der Waals surface area (Å²) in [5.74, 6) is -1.62. The van der Waals surface area contributed by atoms with E-state index in [-0.39, 0.29) is 29.6 Å². The van der Waals surface area contributed by atoms with Gasteiger partial charge >= 0.3 is 0 Å². The van der Waals surface area contributed by atoms with E-state index in [2.05, 4.69) is 16.0 Å². The van der Waals surface area contributed by atoms with Gasteiger partial charge in [0, 0.05) is 19.5 Å². The van der Waals surface area contributed by atoms with Crippen molar-refractivity contribution in [1.29, 1.82) is 0 Å². The molecule has 208 valence electrons. The molecule has 0 aromatic heterocycles. The molecule has 3 aliphatic heterocycles. The molecule has 4 bridgehead atoms. The summed E-state index contributed by atoms with van der Waals surface area (Å²) in [5.41, 5.74) is 0.773. The molecule has 0 radical (unpaired) electrons. The molecule has 10 nitrogen and oxygen atoms in total. The van der Waals surface area contributed by atoms with Crippen LogP contribution in [0.3, 0.4) is 0 Å². The number of likely N-dealkylation sites (tertiary alicyclic amines) is 1. The van der Waals surface area contributed by atoms with Crippen molar-refractivity contribution in [3.8, 4) is 17.2 Å². The van der Waals surface area contributed by atoms with Gasteiger partial charge in [-0.25, -0.2) is 0 Å². The summed E-state index contributed by atoms with van der Waals surface area (Å²) in [6, 6.07) is 8.66. The average Bonchev–Trinajstić information content (AvgIpc) is 2.92. The number of hydrogen-bond donors (Lipinski definition) is 4. The molecule has 3 atom stereocenters. The molecule has 3 heterocycles. The van der Waals surface area contributed by atoms with E-state index < -0.39 is 35.8 Å². The highest BCUT2D eigenvalue weighted by Gasteiger charge is 2.31. The molecule has 4 amide bonds. The molecule has 4 N–H and O–H groups in total. The van der Waals surface area contributed by atoms with Gasteiger partial charge in [0.1, 0.15) is 35.4 Å². The second kappa shape index (κ2) is 12.2. The minimum Gasteiger partial charge on any atom is -0.507 e. The topological polar surface area (TPSA) is 137 Å². The Bertz CT molecular complexity index is 1220. The zero-order valence-corrected chi connectivity index (χ0v) is 22.5. The number of amides is 4. The minimum absolute atomic E-state index is 0.0476. The summed E-state index contributed by atoms with van der Waals surface area (Å²) >= 11 is 0. The highest BCUT2D eigenvalue weighted by molar-refractivity contribution is 6.00. The van der Waals surface area contributed by atoms with Crippen molar-refractivity contribution in [1.82, 2.24) is 20.9 Å². The van der Waals surface area contributed by atoms with Crippen molar-refractivity contribution in [3.63, 3.8) is 0 Å². The van der Waals surface area contributed by atoms with Crippen molar-refractivity contribution < 1.29 is 29.0 Å². The first-order chi connectivity index (χ1) is 18.6. The lowest BCUT2D eigenvalue weighted by Crippen LogP contribution is -2.57. The van der Waals surface area contributed by atoms with E-state index in [1.165, 1.54) is 25.1 Å². The van der Waals surface area contributed by atoms with E-state index in [0.29, 0.717) is 24.6 Å². The van der Waals surface area contributed by atoms with Gasteiger partial charge in [-0.3, -0.25) is 19.2 Å². The number of piperidine rings is 1. The van der Waals surface area contributed by atoms with E-state index in [0.717, 1.165) is 24.8 Å². The fourth-order valence-electron chi connectivity index (χ4n) is 4.78. The van der Waals surface area contributed by atoms with Crippen LogP contribution >= 0.6 is 0 Å². The van der Waals surface area contributed by atoms with Crippen LogP contribution in [0.15, 0.2) is 42.5 Å². The third-order valence-corrected chi connectivity index (χ3v) is 7.08. The number of benzene rings is 2. The zero-order valence-electron chi connectivity index (χ0n) is 22.5. The van der Waals surface area contributed by atoms with Gasteiger partial charge in [-0.05, 0) is 68.0 Å².